The Morgan fingerprint density at radius 3 is 2.75 bits per heavy atom. The third-order valence-corrected chi connectivity index (χ3v) is 2.80. The second kappa shape index (κ2) is 6.16. The number of rotatable bonds is 4. The summed E-state index contributed by atoms with van der Waals surface area (Å²) in [6, 6.07) is 9.97. The van der Waals surface area contributed by atoms with Crippen molar-refractivity contribution in [1.29, 1.82) is 0 Å². The van der Waals surface area contributed by atoms with Gasteiger partial charge in [0.1, 0.15) is 0 Å². The number of para-hydroxylation sites is 1. The standard InChI is InChI=1S/C14H12ClN3O2/c1-2-8-16-14(20)13-11(15)9-12(19)18(17-13)10-6-4-3-5-7-10/h2-7,9H,1,8H2,(H,16,20). The fourth-order valence-electron chi connectivity index (χ4n) is 1.59. The van der Waals surface area contributed by atoms with Gasteiger partial charge in [-0.05, 0) is 12.1 Å². The van der Waals surface area contributed by atoms with Crippen LogP contribution in [0.25, 0.3) is 5.69 Å². The molecule has 102 valence electrons. The average molecular weight is 290 g/mol. The minimum absolute atomic E-state index is 0.00281. The Bertz CT molecular complexity index is 695. The molecule has 2 aromatic rings. The molecule has 0 bridgehead atoms. The summed E-state index contributed by atoms with van der Waals surface area (Å²) in [5.74, 6) is -0.459. The highest BCUT2D eigenvalue weighted by Gasteiger charge is 2.15. The van der Waals surface area contributed by atoms with Crippen molar-refractivity contribution in [2.45, 2.75) is 0 Å². The lowest BCUT2D eigenvalue weighted by atomic mass is 10.3. The van der Waals surface area contributed by atoms with Crippen LogP contribution in [-0.2, 0) is 0 Å². The Morgan fingerprint density at radius 2 is 2.10 bits per heavy atom. The van der Waals surface area contributed by atoms with Crippen molar-refractivity contribution < 1.29 is 4.79 Å². The number of hydrogen-bond donors (Lipinski definition) is 1. The molecule has 1 aromatic carbocycles. The molecule has 0 spiro atoms. The topological polar surface area (TPSA) is 64.0 Å². The number of benzene rings is 1. The Morgan fingerprint density at radius 1 is 1.40 bits per heavy atom. The van der Waals surface area contributed by atoms with E-state index in [0.29, 0.717) is 12.2 Å². The number of halogens is 1. The quantitative estimate of drug-likeness (QED) is 0.873. The van der Waals surface area contributed by atoms with Crippen LogP contribution in [0.5, 0.6) is 0 Å². The predicted octanol–water partition coefficient (Wildman–Crippen LogP) is 1.80. The van der Waals surface area contributed by atoms with Crippen LogP contribution in [0.4, 0.5) is 0 Å². The molecular weight excluding hydrogens is 278 g/mol. The smallest absolute Gasteiger partial charge is 0.273 e. The highest BCUT2D eigenvalue weighted by molar-refractivity contribution is 6.33. The lowest BCUT2D eigenvalue weighted by Gasteiger charge is -2.08. The molecule has 0 atom stereocenters. The van der Waals surface area contributed by atoms with Crippen LogP contribution in [-0.4, -0.2) is 22.2 Å². The van der Waals surface area contributed by atoms with Gasteiger partial charge in [0.25, 0.3) is 11.5 Å². The first-order valence-electron chi connectivity index (χ1n) is 5.88. The van der Waals surface area contributed by atoms with Gasteiger partial charge in [-0.1, -0.05) is 35.9 Å². The third-order valence-electron chi connectivity index (χ3n) is 2.51. The molecule has 6 heteroatoms. The fourth-order valence-corrected chi connectivity index (χ4v) is 1.81. The van der Waals surface area contributed by atoms with Crippen LogP contribution in [0.1, 0.15) is 10.5 Å². The third kappa shape index (κ3) is 2.95. The molecule has 0 aliphatic heterocycles. The van der Waals surface area contributed by atoms with Gasteiger partial charge in [0, 0.05) is 12.6 Å². The Kier molecular flexibility index (Phi) is 4.32. The molecule has 0 saturated heterocycles. The van der Waals surface area contributed by atoms with Gasteiger partial charge < -0.3 is 5.32 Å². The van der Waals surface area contributed by atoms with E-state index < -0.39 is 11.5 Å². The van der Waals surface area contributed by atoms with Crippen molar-refractivity contribution in [3.63, 3.8) is 0 Å². The SMILES string of the molecule is C=CCNC(=O)c1nn(-c2ccccc2)c(=O)cc1Cl. The highest BCUT2D eigenvalue weighted by Crippen LogP contribution is 2.12. The van der Waals surface area contributed by atoms with Gasteiger partial charge in [-0.15, -0.1) is 6.58 Å². The van der Waals surface area contributed by atoms with Crippen LogP contribution < -0.4 is 10.9 Å². The summed E-state index contributed by atoms with van der Waals surface area (Å²) in [7, 11) is 0. The highest BCUT2D eigenvalue weighted by atomic mass is 35.5. The maximum absolute atomic E-state index is 11.9. The van der Waals surface area contributed by atoms with Crippen LogP contribution in [0.2, 0.25) is 5.02 Å². The summed E-state index contributed by atoms with van der Waals surface area (Å²) >= 11 is 5.90. The monoisotopic (exact) mass is 289 g/mol. The number of hydrogen-bond acceptors (Lipinski definition) is 3. The molecule has 0 aliphatic carbocycles. The molecule has 0 aliphatic rings. The first-order chi connectivity index (χ1) is 9.63. The summed E-state index contributed by atoms with van der Waals surface area (Å²) in [5, 5.41) is 6.61. The zero-order valence-corrected chi connectivity index (χ0v) is 11.3. The number of carbonyl (C=O) groups is 1. The zero-order chi connectivity index (χ0) is 14.5. The van der Waals surface area contributed by atoms with E-state index in [1.165, 1.54) is 6.07 Å². The summed E-state index contributed by atoms with van der Waals surface area (Å²) in [6.07, 6.45) is 1.54. The largest absolute Gasteiger partial charge is 0.347 e. The van der Waals surface area contributed by atoms with Gasteiger partial charge in [-0.25, -0.2) is 0 Å². The molecular formula is C14H12ClN3O2. The van der Waals surface area contributed by atoms with Gasteiger partial charge in [0.05, 0.1) is 10.7 Å². The number of amides is 1. The van der Waals surface area contributed by atoms with Crippen molar-refractivity contribution in [2.75, 3.05) is 6.54 Å². The summed E-state index contributed by atoms with van der Waals surface area (Å²) in [6.45, 7) is 3.80. The lowest BCUT2D eigenvalue weighted by Crippen LogP contribution is -2.29. The number of nitrogens with one attached hydrogen (secondary N) is 1. The van der Waals surface area contributed by atoms with Gasteiger partial charge in [0.15, 0.2) is 5.69 Å². The molecule has 5 nitrogen and oxygen atoms in total. The molecule has 0 fully saturated rings. The van der Waals surface area contributed by atoms with Gasteiger partial charge >= 0.3 is 0 Å². The minimum atomic E-state index is -0.459. The van der Waals surface area contributed by atoms with Crippen molar-refractivity contribution >= 4 is 17.5 Å². The second-order valence-electron chi connectivity index (χ2n) is 3.93. The summed E-state index contributed by atoms with van der Waals surface area (Å²) < 4.78 is 1.13. The second-order valence-corrected chi connectivity index (χ2v) is 4.33. The normalized spacial score (nSPS) is 10.1. The summed E-state index contributed by atoms with van der Waals surface area (Å²) in [5.41, 5.74) is 0.158. The number of nitrogens with zero attached hydrogens (tertiary/aromatic N) is 2. The maximum atomic E-state index is 11.9. The first-order valence-corrected chi connectivity index (χ1v) is 6.25. The van der Waals surface area contributed by atoms with Crippen LogP contribution >= 0.6 is 11.6 Å². The van der Waals surface area contributed by atoms with E-state index in [1.807, 2.05) is 6.07 Å². The van der Waals surface area contributed by atoms with Crippen LogP contribution in [0, 0.1) is 0 Å². The van der Waals surface area contributed by atoms with Crippen molar-refractivity contribution in [3.05, 3.63) is 70.1 Å². The van der Waals surface area contributed by atoms with E-state index in [0.717, 1.165) is 4.68 Å². The van der Waals surface area contributed by atoms with Gasteiger partial charge in [0.2, 0.25) is 0 Å². The number of aromatic nitrogens is 2. The van der Waals surface area contributed by atoms with Crippen LogP contribution in [0.3, 0.4) is 0 Å². The van der Waals surface area contributed by atoms with E-state index in [-0.39, 0.29) is 10.7 Å². The van der Waals surface area contributed by atoms with Crippen molar-refractivity contribution in [1.82, 2.24) is 15.1 Å². The molecule has 1 aromatic heterocycles. The van der Waals surface area contributed by atoms with Crippen molar-refractivity contribution in [3.8, 4) is 5.69 Å². The molecule has 0 saturated carbocycles. The first kappa shape index (κ1) is 14.0. The molecule has 0 unspecified atom stereocenters. The van der Waals surface area contributed by atoms with Gasteiger partial charge in [-0.2, -0.15) is 9.78 Å². The Balaban J connectivity index is 2.48. The van der Waals surface area contributed by atoms with E-state index in [2.05, 4.69) is 17.0 Å². The maximum Gasteiger partial charge on any atom is 0.273 e. The van der Waals surface area contributed by atoms with Crippen LogP contribution in [0.15, 0.2) is 53.8 Å². The molecule has 1 heterocycles. The molecule has 2 rings (SSSR count). The predicted molar refractivity (Wildman–Crippen MR) is 77.4 cm³/mol. The Labute approximate surface area is 120 Å². The van der Waals surface area contributed by atoms with E-state index in [1.54, 1.807) is 30.3 Å². The molecule has 0 radical (unpaired) electrons. The molecule has 20 heavy (non-hydrogen) atoms. The number of carbonyl (C=O) groups excluding carboxylic acids is 1. The van der Waals surface area contributed by atoms with Crippen molar-refractivity contribution in [2.24, 2.45) is 0 Å². The zero-order valence-electron chi connectivity index (χ0n) is 10.5. The van der Waals surface area contributed by atoms with E-state index >= 15 is 0 Å². The van der Waals surface area contributed by atoms with E-state index in [9.17, 15) is 9.59 Å². The van der Waals surface area contributed by atoms with Gasteiger partial charge in [-0.3, -0.25) is 9.59 Å². The minimum Gasteiger partial charge on any atom is -0.347 e. The average Bonchev–Trinajstić information content (AvgIpc) is 2.46. The molecule has 1 N–H and O–H groups in total. The lowest BCUT2D eigenvalue weighted by molar-refractivity contribution is 0.0951. The Hall–Kier alpha value is -2.40. The molecule has 1 amide bonds. The summed E-state index contributed by atoms with van der Waals surface area (Å²) in [4.78, 5) is 23.8. The van der Waals surface area contributed by atoms with E-state index in [4.69, 9.17) is 11.6 Å². The fraction of sp³-hybridized carbons (Fsp3) is 0.0714.